The van der Waals surface area contributed by atoms with Crippen LogP contribution in [0, 0.1) is 5.92 Å². The number of halogens is 3. The molecule has 154 valence electrons. The molecule has 0 bridgehead atoms. The molecule has 28 heavy (non-hydrogen) atoms. The van der Waals surface area contributed by atoms with Gasteiger partial charge < -0.3 is 20.5 Å². The van der Waals surface area contributed by atoms with Gasteiger partial charge in [-0.15, -0.1) is 12.4 Å². The number of nitrogens with two attached hydrogens (primary N) is 1. The lowest BCUT2D eigenvalue weighted by Crippen LogP contribution is -2.35. The summed E-state index contributed by atoms with van der Waals surface area (Å²) in [7, 11) is 0. The molecule has 5 nitrogen and oxygen atoms in total. The van der Waals surface area contributed by atoms with E-state index in [-0.39, 0.29) is 36.4 Å². The van der Waals surface area contributed by atoms with Crippen LogP contribution in [-0.2, 0) is 11.3 Å². The standard InChI is InChI=1S/C20H24F2N2O3.ClH/c1-3-26-16-11-7-10-15(18(16)27-20(21)22)12-24-19(25)13(2)17(23)14-8-5-4-6-9-14;/h4-11,13,17,20H,3,12,23H2,1-2H3,(H,24,25);1H. The molecule has 0 fully saturated rings. The first-order valence-corrected chi connectivity index (χ1v) is 8.71. The van der Waals surface area contributed by atoms with Gasteiger partial charge in [0.05, 0.1) is 12.5 Å². The van der Waals surface area contributed by atoms with E-state index < -0.39 is 18.6 Å². The normalized spacial score (nSPS) is 12.6. The third kappa shape index (κ3) is 6.35. The predicted molar refractivity (Wildman–Crippen MR) is 106 cm³/mol. The van der Waals surface area contributed by atoms with Crippen molar-refractivity contribution in [2.75, 3.05) is 6.61 Å². The van der Waals surface area contributed by atoms with Crippen LogP contribution in [0.25, 0.3) is 0 Å². The zero-order valence-corrected chi connectivity index (χ0v) is 16.5. The van der Waals surface area contributed by atoms with Crippen LogP contribution in [0.2, 0.25) is 0 Å². The molecule has 0 spiro atoms. The molecule has 0 saturated carbocycles. The van der Waals surface area contributed by atoms with Crippen molar-refractivity contribution >= 4 is 18.3 Å². The molecule has 2 unspecified atom stereocenters. The van der Waals surface area contributed by atoms with E-state index in [1.54, 1.807) is 32.0 Å². The number of amides is 1. The fourth-order valence-electron chi connectivity index (χ4n) is 2.66. The number of rotatable bonds is 9. The predicted octanol–water partition coefficient (Wildman–Crippen LogP) is 4.06. The minimum atomic E-state index is -2.99. The van der Waals surface area contributed by atoms with Gasteiger partial charge in [-0.2, -0.15) is 8.78 Å². The lowest BCUT2D eigenvalue weighted by atomic mass is 9.94. The van der Waals surface area contributed by atoms with Gasteiger partial charge in [-0.05, 0) is 18.6 Å². The van der Waals surface area contributed by atoms with Crippen molar-refractivity contribution in [3.05, 3.63) is 59.7 Å². The number of alkyl halides is 2. The quantitative estimate of drug-likeness (QED) is 0.649. The van der Waals surface area contributed by atoms with Crippen LogP contribution in [0.5, 0.6) is 11.5 Å². The van der Waals surface area contributed by atoms with Crippen LogP contribution in [0.3, 0.4) is 0 Å². The summed E-state index contributed by atoms with van der Waals surface area (Å²) in [5, 5.41) is 2.73. The van der Waals surface area contributed by atoms with E-state index in [1.807, 2.05) is 30.3 Å². The second-order valence-electron chi connectivity index (χ2n) is 6.00. The molecule has 1 amide bonds. The van der Waals surface area contributed by atoms with Crippen molar-refractivity contribution in [3.63, 3.8) is 0 Å². The van der Waals surface area contributed by atoms with Crippen molar-refractivity contribution in [1.82, 2.24) is 5.32 Å². The topological polar surface area (TPSA) is 73.6 Å². The van der Waals surface area contributed by atoms with Gasteiger partial charge in [0.25, 0.3) is 0 Å². The highest BCUT2D eigenvalue weighted by atomic mass is 35.5. The second-order valence-corrected chi connectivity index (χ2v) is 6.00. The Bertz CT molecular complexity index is 747. The van der Waals surface area contributed by atoms with Gasteiger partial charge in [0.1, 0.15) is 0 Å². The summed E-state index contributed by atoms with van der Waals surface area (Å²) >= 11 is 0. The number of para-hydroxylation sites is 1. The van der Waals surface area contributed by atoms with Gasteiger partial charge >= 0.3 is 6.61 Å². The molecule has 0 saturated heterocycles. The minimum Gasteiger partial charge on any atom is -0.490 e. The molecule has 2 rings (SSSR count). The van der Waals surface area contributed by atoms with E-state index in [0.29, 0.717) is 12.2 Å². The van der Waals surface area contributed by atoms with E-state index >= 15 is 0 Å². The summed E-state index contributed by atoms with van der Waals surface area (Å²) in [6, 6.07) is 13.6. The van der Waals surface area contributed by atoms with Crippen LogP contribution in [-0.4, -0.2) is 19.1 Å². The fourth-order valence-corrected chi connectivity index (χ4v) is 2.66. The summed E-state index contributed by atoms with van der Waals surface area (Å²) in [6.07, 6.45) is 0. The van der Waals surface area contributed by atoms with Gasteiger partial charge in [0.15, 0.2) is 11.5 Å². The van der Waals surface area contributed by atoms with E-state index in [2.05, 4.69) is 10.1 Å². The zero-order chi connectivity index (χ0) is 19.8. The molecule has 0 aliphatic heterocycles. The van der Waals surface area contributed by atoms with Crippen molar-refractivity contribution in [3.8, 4) is 11.5 Å². The maximum atomic E-state index is 12.8. The highest BCUT2D eigenvalue weighted by Crippen LogP contribution is 2.33. The van der Waals surface area contributed by atoms with E-state index in [4.69, 9.17) is 10.5 Å². The van der Waals surface area contributed by atoms with Gasteiger partial charge in [-0.25, -0.2) is 0 Å². The summed E-state index contributed by atoms with van der Waals surface area (Å²) in [5.41, 5.74) is 7.41. The molecule has 2 aromatic carbocycles. The Morgan fingerprint density at radius 1 is 1.14 bits per heavy atom. The maximum absolute atomic E-state index is 12.8. The molecule has 8 heteroatoms. The first-order valence-electron chi connectivity index (χ1n) is 8.71. The van der Waals surface area contributed by atoms with Crippen LogP contribution < -0.4 is 20.5 Å². The van der Waals surface area contributed by atoms with E-state index in [9.17, 15) is 13.6 Å². The Labute approximate surface area is 169 Å². The molecule has 0 aromatic heterocycles. The molecule has 0 radical (unpaired) electrons. The first kappa shape index (κ1) is 23.7. The van der Waals surface area contributed by atoms with Gasteiger partial charge in [-0.3, -0.25) is 4.79 Å². The van der Waals surface area contributed by atoms with Crippen molar-refractivity contribution < 1.29 is 23.0 Å². The monoisotopic (exact) mass is 414 g/mol. The number of hydrogen-bond donors (Lipinski definition) is 2. The number of hydrogen-bond acceptors (Lipinski definition) is 4. The second kappa shape index (κ2) is 11.5. The summed E-state index contributed by atoms with van der Waals surface area (Å²) in [4.78, 5) is 12.5. The van der Waals surface area contributed by atoms with E-state index in [0.717, 1.165) is 5.56 Å². The molecule has 0 aliphatic rings. The van der Waals surface area contributed by atoms with Crippen LogP contribution >= 0.6 is 12.4 Å². The van der Waals surface area contributed by atoms with E-state index in [1.165, 1.54) is 0 Å². The first-order chi connectivity index (χ1) is 12.9. The number of carbonyl (C=O) groups excluding carboxylic acids is 1. The number of benzene rings is 2. The van der Waals surface area contributed by atoms with Crippen molar-refractivity contribution in [2.24, 2.45) is 11.7 Å². The summed E-state index contributed by atoms with van der Waals surface area (Å²) < 4.78 is 35.5. The van der Waals surface area contributed by atoms with Crippen LogP contribution in [0.1, 0.15) is 31.0 Å². The number of carbonyl (C=O) groups is 1. The Balaban J connectivity index is 0.00000392. The Kier molecular flexibility index (Phi) is 9.68. The molecule has 0 aliphatic carbocycles. The molecule has 2 aromatic rings. The van der Waals surface area contributed by atoms with Gasteiger partial charge in [-0.1, -0.05) is 49.4 Å². The largest absolute Gasteiger partial charge is 0.490 e. The molecule has 3 N–H and O–H groups in total. The number of ether oxygens (including phenoxy) is 2. The van der Waals surface area contributed by atoms with Crippen molar-refractivity contribution in [1.29, 1.82) is 0 Å². The van der Waals surface area contributed by atoms with Crippen LogP contribution in [0.4, 0.5) is 8.78 Å². The smallest absolute Gasteiger partial charge is 0.387 e. The lowest BCUT2D eigenvalue weighted by Gasteiger charge is -2.21. The Morgan fingerprint density at radius 2 is 1.82 bits per heavy atom. The maximum Gasteiger partial charge on any atom is 0.387 e. The average Bonchev–Trinajstić information content (AvgIpc) is 2.67. The highest BCUT2D eigenvalue weighted by molar-refractivity contribution is 5.85. The SMILES string of the molecule is CCOc1cccc(CNC(=O)C(C)C(N)c2ccccc2)c1OC(F)F.Cl. The zero-order valence-electron chi connectivity index (χ0n) is 15.7. The highest BCUT2D eigenvalue weighted by Gasteiger charge is 2.23. The molecular formula is C20H25ClF2N2O3. The third-order valence-corrected chi connectivity index (χ3v) is 4.16. The molecule has 0 heterocycles. The van der Waals surface area contributed by atoms with Crippen molar-refractivity contribution in [2.45, 2.75) is 33.0 Å². The average molecular weight is 415 g/mol. The van der Waals surface area contributed by atoms with Gasteiger partial charge in [0.2, 0.25) is 5.91 Å². The van der Waals surface area contributed by atoms with Gasteiger partial charge in [0, 0.05) is 18.2 Å². The lowest BCUT2D eigenvalue weighted by molar-refractivity contribution is -0.125. The Morgan fingerprint density at radius 3 is 2.43 bits per heavy atom. The molecular weight excluding hydrogens is 390 g/mol. The Hall–Kier alpha value is -2.38. The summed E-state index contributed by atoms with van der Waals surface area (Å²) in [5.74, 6) is -0.647. The third-order valence-electron chi connectivity index (χ3n) is 4.16. The number of nitrogens with one attached hydrogen (secondary N) is 1. The molecule has 2 atom stereocenters. The fraction of sp³-hybridized carbons (Fsp3) is 0.350. The minimum absolute atomic E-state index is 0. The van der Waals surface area contributed by atoms with Crippen LogP contribution in [0.15, 0.2) is 48.5 Å². The summed E-state index contributed by atoms with van der Waals surface area (Å²) in [6.45, 7) is 0.797.